The Kier molecular flexibility index (Phi) is 4.46. The maximum absolute atomic E-state index is 13.5. The van der Waals surface area contributed by atoms with Gasteiger partial charge in [0.05, 0.1) is 23.3 Å². The van der Waals surface area contributed by atoms with Gasteiger partial charge in [0, 0.05) is 13.0 Å². The number of para-hydroxylation sites is 1. The van der Waals surface area contributed by atoms with E-state index in [0.717, 1.165) is 30.5 Å². The minimum absolute atomic E-state index is 0.0159. The summed E-state index contributed by atoms with van der Waals surface area (Å²) in [6.07, 6.45) is 7.27. The first-order valence-corrected chi connectivity index (χ1v) is 10.3. The zero-order chi connectivity index (χ0) is 20.0. The number of hydrogen-bond acceptors (Lipinski definition) is 2. The molecule has 148 valence electrons. The van der Waals surface area contributed by atoms with Crippen molar-refractivity contribution in [1.29, 1.82) is 0 Å². The van der Waals surface area contributed by atoms with Crippen molar-refractivity contribution in [3.05, 3.63) is 77.6 Å². The Morgan fingerprint density at radius 3 is 2.31 bits per heavy atom. The van der Waals surface area contributed by atoms with E-state index in [-0.39, 0.29) is 29.7 Å². The van der Waals surface area contributed by atoms with Crippen LogP contribution in [0.3, 0.4) is 0 Å². The molecule has 2 bridgehead atoms. The molecule has 0 spiro atoms. The Morgan fingerprint density at radius 2 is 1.66 bits per heavy atom. The van der Waals surface area contributed by atoms with Gasteiger partial charge in [-0.1, -0.05) is 36.4 Å². The van der Waals surface area contributed by atoms with Crippen LogP contribution in [0.15, 0.2) is 60.7 Å². The summed E-state index contributed by atoms with van der Waals surface area (Å²) in [7, 11) is 0. The molecular formula is C24H23FN2O2. The number of amides is 2. The summed E-state index contributed by atoms with van der Waals surface area (Å²) in [6.45, 7) is 0.668. The average molecular weight is 390 g/mol. The number of anilines is 1. The third kappa shape index (κ3) is 3.15. The standard InChI is InChI=1S/C24H23FN2O2/c25-18-9-7-16(8-10-18)17-14-19-11-12-20(15-17)27(19)24(29)21-4-1-2-5-22(21)26-13-3-6-23(26)28/h1-2,4-5,7-12,17,19-20H,3,6,13-15H2/t17?,19-,20?/m1/s1. The quantitative estimate of drug-likeness (QED) is 0.734. The highest BCUT2D eigenvalue weighted by atomic mass is 19.1. The minimum Gasteiger partial charge on any atom is -0.326 e. The van der Waals surface area contributed by atoms with Crippen LogP contribution in [0, 0.1) is 5.82 Å². The summed E-state index contributed by atoms with van der Waals surface area (Å²) in [5.41, 5.74) is 2.45. The van der Waals surface area contributed by atoms with Crippen LogP contribution in [0.4, 0.5) is 10.1 Å². The van der Waals surface area contributed by atoms with E-state index in [1.807, 2.05) is 41.3 Å². The van der Waals surface area contributed by atoms with Gasteiger partial charge in [-0.3, -0.25) is 9.59 Å². The average Bonchev–Trinajstić information content (AvgIpc) is 3.28. The lowest BCUT2D eigenvalue weighted by atomic mass is 9.84. The largest absolute Gasteiger partial charge is 0.326 e. The predicted molar refractivity (Wildman–Crippen MR) is 109 cm³/mol. The van der Waals surface area contributed by atoms with Gasteiger partial charge in [-0.2, -0.15) is 0 Å². The molecule has 3 heterocycles. The molecule has 4 nitrogen and oxygen atoms in total. The SMILES string of the molecule is O=C1CCCN1c1ccccc1C(=O)N1C2C=C[C@@H]1CC(c1ccc(F)cc1)C2. The summed E-state index contributed by atoms with van der Waals surface area (Å²) < 4.78 is 13.3. The molecule has 2 unspecified atom stereocenters. The number of fused-ring (bicyclic) bond motifs is 2. The molecule has 3 aliphatic heterocycles. The summed E-state index contributed by atoms with van der Waals surface area (Å²) in [5, 5.41) is 0. The Bertz CT molecular complexity index is 969. The molecule has 3 aliphatic rings. The lowest BCUT2D eigenvalue weighted by Crippen LogP contribution is -2.47. The van der Waals surface area contributed by atoms with E-state index < -0.39 is 0 Å². The Balaban J connectivity index is 1.40. The second-order valence-corrected chi connectivity index (χ2v) is 8.12. The minimum atomic E-state index is -0.226. The van der Waals surface area contributed by atoms with Crippen molar-refractivity contribution in [3.8, 4) is 0 Å². The fourth-order valence-electron chi connectivity index (χ4n) is 4.99. The monoisotopic (exact) mass is 390 g/mol. The first-order valence-electron chi connectivity index (χ1n) is 10.3. The van der Waals surface area contributed by atoms with Crippen molar-refractivity contribution in [1.82, 2.24) is 4.90 Å². The van der Waals surface area contributed by atoms with Crippen LogP contribution in [0.1, 0.15) is 47.5 Å². The topological polar surface area (TPSA) is 40.6 Å². The summed E-state index contributed by atoms with van der Waals surface area (Å²) in [5.74, 6) is 0.148. The van der Waals surface area contributed by atoms with Crippen LogP contribution < -0.4 is 4.90 Å². The highest BCUT2D eigenvalue weighted by Crippen LogP contribution is 2.41. The molecule has 5 rings (SSSR count). The van der Waals surface area contributed by atoms with Crippen LogP contribution in [-0.4, -0.2) is 35.3 Å². The van der Waals surface area contributed by atoms with Crippen molar-refractivity contribution in [3.63, 3.8) is 0 Å². The van der Waals surface area contributed by atoms with Gasteiger partial charge in [0.2, 0.25) is 5.91 Å². The highest BCUT2D eigenvalue weighted by Gasteiger charge is 2.41. The van der Waals surface area contributed by atoms with Gasteiger partial charge >= 0.3 is 0 Å². The molecule has 0 aromatic heterocycles. The van der Waals surface area contributed by atoms with Gasteiger partial charge in [-0.15, -0.1) is 0 Å². The summed E-state index contributed by atoms with van der Waals surface area (Å²) >= 11 is 0. The number of carbonyl (C=O) groups excluding carboxylic acids is 2. The van der Waals surface area contributed by atoms with E-state index >= 15 is 0 Å². The van der Waals surface area contributed by atoms with E-state index in [9.17, 15) is 14.0 Å². The molecule has 29 heavy (non-hydrogen) atoms. The Labute approximate surface area is 169 Å². The summed E-state index contributed by atoms with van der Waals surface area (Å²) in [4.78, 5) is 29.5. The van der Waals surface area contributed by atoms with Gasteiger partial charge in [-0.25, -0.2) is 4.39 Å². The molecule has 2 saturated heterocycles. The molecule has 0 aliphatic carbocycles. The maximum atomic E-state index is 13.5. The Hall–Kier alpha value is -2.95. The molecule has 2 fully saturated rings. The van der Waals surface area contributed by atoms with Crippen molar-refractivity contribution in [2.75, 3.05) is 11.4 Å². The highest BCUT2D eigenvalue weighted by molar-refractivity contribution is 6.06. The number of hydrogen-bond donors (Lipinski definition) is 0. The van der Waals surface area contributed by atoms with Gasteiger partial charge < -0.3 is 9.80 Å². The van der Waals surface area contributed by atoms with E-state index in [4.69, 9.17) is 0 Å². The lowest BCUT2D eigenvalue weighted by Gasteiger charge is -2.40. The molecule has 2 aromatic rings. The summed E-state index contributed by atoms with van der Waals surface area (Å²) in [6, 6.07) is 14.2. The number of benzene rings is 2. The van der Waals surface area contributed by atoms with Crippen LogP contribution in [-0.2, 0) is 4.79 Å². The maximum Gasteiger partial charge on any atom is 0.256 e. The third-order valence-corrected chi connectivity index (χ3v) is 6.40. The fourth-order valence-corrected chi connectivity index (χ4v) is 4.99. The van der Waals surface area contributed by atoms with Crippen LogP contribution in [0.2, 0.25) is 0 Å². The first-order chi connectivity index (χ1) is 14.1. The van der Waals surface area contributed by atoms with Crippen molar-refractivity contribution < 1.29 is 14.0 Å². The normalized spacial score (nSPS) is 25.7. The molecule has 0 radical (unpaired) electrons. The molecule has 5 heteroatoms. The molecule has 2 aromatic carbocycles. The van der Waals surface area contributed by atoms with E-state index in [0.29, 0.717) is 24.4 Å². The number of nitrogens with zero attached hydrogens (tertiary/aromatic N) is 2. The van der Waals surface area contributed by atoms with E-state index in [1.165, 1.54) is 12.1 Å². The van der Waals surface area contributed by atoms with Gasteiger partial charge in [-0.05, 0) is 55.0 Å². The van der Waals surface area contributed by atoms with Crippen molar-refractivity contribution >= 4 is 17.5 Å². The second kappa shape index (κ2) is 7.14. The van der Waals surface area contributed by atoms with E-state index in [2.05, 4.69) is 12.2 Å². The first kappa shape index (κ1) is 18.1. The van der Waals surface area contributed by atoms with Crippen LogP contribution in [0.25, 0.3) is 0 Å². The van der Waals surface area contributed by atoms with Crippen LogP contribution >= 0.6 is 0 Å². The molecule has 3 atom stereocenters. The second-order valence-electron chi connectivity index (χ2n) is 8.12. The Morgan fingerprint density at radius 1 is 0.966 bits per heavy atom. The van der Waals surface area contributed by atoms with Gasteiger partial charge in [0.1, 0.15) is 5.82 Å². The smallest absolute Gasteiger partial charge is 0.256 e. The molecule has 0 N–H and O–H groups in total. The lowest BCUT2D eigenvalue weighted by molar-refractivity contribution is -0.117. The van der Waals surface area contributed by atoms with E-state index in [1.54, 1.807) is 4.90 Å². The zero-order valence-corrected chi connectivity index (χ0v) is 16.1. The number of piperidine rings is 1. The van der Waals surface area contributed by atoms with Gasteiger partial charge in [0.15, 0.2) is 0 Å². The predicted octanol–water partition coefficient (Wildman–Crippen LogP) is 4.28. The third-order valence-electron chi connectivity index (χ3n) is 6.40. The number of rotatable bonds is 3. The zero-order valence-electron chi connectivity index (χ0n) is 16.1. The van der Waals surface area contributed by atoms with Crippen molar-refractivity contribution in [2.45, 2.75) is 43.7 Å². The number of carbonyl (C=O) groups is 2. The molecule has 0 saturated carbocycles. The number of halogens is 1. The van der Waals surface area contributed by atoms with Crippen molar-refractivity contribution in [2.24, 2.45) is 0 Å². The van der Waals surface area contributed by atoms with Crippen LogP contribution in [0.5, 0.6) is 0 Å². The molecule has 2 amide bonds. The molecular weight excluding hydrogens is 367 g/mol. The van der Waals surface area contributed by atoms with Gasteiger partial charge in [0.25, 0.3) is 5.91 Å². The fraction of sp³-hybridized carbons (Fsp3) is 0.333.